The van der Waals surface area contributed by atoms with E-state index < -0.39 is 11.7 Å². The minimum Gasteiger partial charge on any atom is -0.484 e. The molecule has 0 spiro atoms. The number of para-hydroxylation sites is 1. The summed E-state index contributed by atoms with van der Waals surface area (Å²) < 4.78 is 24.0. The number of hydrogen-bond acceptors (Lipinski definition) is 5. The first-order valence-electron chi connectivity index (χ1n) is 7.34. The fraction of sp³-hybridized carbons (Fsp3) is 0.118. The van der Waals surface area contributed by atoms with Crippen LogP contribution in [0.25, 0.3) is 0 Å². The number of carbonyl (C=O) groups excluding carboxylic acids is 1. The van der Waals surface area contributed by atoms with Crippen LogP contribution in [0.15, 0.2) is 53.1 Å². The van der Waals surface area contributed by atoms with Crippen LogP contribution in [0.4, 0.5) is 10.1 Å². The predicted octanol–water partition coefficient (Wildman–Crippen LogP) is 3.62. The summed E-state index contributed by atoms with van der Waals surface area (Å²) in [5.74, 6) is 0.0470. The number of hydrogen-bond donors (Lipinski definition) is 1. The Hall–Kier alpha value is -2.93. The van der Waals surface area contributed by atoms with Gasteiger partial charge in [0.1, 0.15) is 11.6 Å². The maximum Gasteiger partial charge on any atom is 0.264 e. The van der Waals surface area contributed by atoms with Crippen molar-refractivity contribution in [1.82, 2.24) is 10.1 Å². The molecule has 3 aromatic rings. The van der Waals surface area contributed by atoms with Gasteiger partial charge in [-0.15, -0.1) is 0 Å². The Morgan fingerprint density at radius 2 is 1.96 bits per heavy atom. The van der Waals surface area contributed by atoms with Gasteiger partial charge in [-0.3, -0.25) is 4.79 Å². The number of benzene rings is 2. The van der Waals surface area contributed by atoms with E-state index >= 15 is 0 Å². The number of amides is 1. The summed E-state index contributed by atoms with van der Waals surface area (Å²) in [4.78, 5) is 16.0. The largest absolute Gasteiger partial charge is 0.484 e. The predicted molar refractivity (Wildman–Crippen MR) is 88.8 cm³/mol. The molecule has 0 aliphatic carbocycles. The molecule has 0 aliphatic heterocycles. The van der Waals surface area contributed by atoms with E-state index in [9.17, 15) is 9.18 Å². The smallest absolute Gasteiger partial charge is 0.264 e. The molecule has 1 aromatic heterocycles. The van der Waals surface area contributed by atoms with E-state index in [0.717, 1.165) is 0 Å². The molecule has 2 aromatic carbocycles. The van der Waals surface area contributed by atoms with Gasteiger partial charge >= 0.3 is 0 Å². The molecule has 0 aliphatic rings. The quantitative estimate of drug-likeness (QED) is 0.725. The molecule has 6 nitrogen and oxygen atoms in total. The zero-order chi connectivity index (χ0) is 17.6. The van der Waals surface area contributed by atoms with Crippen molar-refractivity contribution in [3.63, 3.8) is 0 Å². The fourth-order valence-corrected chi connectivity index (χ4v) is 2.12. The second kappa shape index (κ2) is 7.76. The second-order valence-electron chi connectivity index (χ2n) is 5.05. The highest BCUT2D eigenvalue weighted by atomic mass is 35.5. The molecule has 128 valence electrons. The van der Waals surface area contributed by atoms with E-state index in [1.165, 1.54) is 18.2 Å². The van der Waals surface area contributed by atoms with Gasteiger partial charge in [0.2, 0.25) is 5.91 Å². The lowest BCUT2D eigenvalue weighted by Crippen LogP contribution is -2.16. The third-order valence-corrected chi connectivity index (χ3v) is 3.40. The van der Waals surface area contributed by atoms with Crippen LogP contribution in [0.5, 0.6) is 5.75 Å². The molecule has 1 heterocycles. The van der Waals surface area contributed by atoms with Crippen molar-refractivity contribution in [2.75, 3.05) is 5.32 Å². The summed E-state index contributed by atoms with van der Waals surface area (Å²) in [6, 6.07) is 12.7. The van der Waals surface area contributed by atoms with E-state index in [-0.39, 0.29) is 30.4 Å². The third-order valence-electron chi connectivity index (χ3n) is 3.15. The summed E-state index contributed by atoms with van der Waals surface area (Å²) in [6.45, 7) is 0.0591. The van der Waals surface area contributed by atoms with Crippen molar-refractivity contribution in [3.05, 3.63) is 71.1 Å². The highest BCUT2D eigenvalue weighted by Gasteiger charge is 2.13. The first-order chi connectivity index (χ1) is 12.1. The molecular formula is C17H13ClFN3O3. The van der Waals surface area contributed by atoms with Gasteiger partial charge in [-0.2, -0.15) is 4.98 Å². The zero-order valence-corrected chi connectivity index (χ0v) is 13.7. The van der Waals surface area contributed by atoms with Crippen LogP contribution >= 0.6 is 11.6 Å². The Balaban J connectivity index is 1.53. The van der Waals surface area contributed by atoms with Gasteiger partial charge in [-0.05, 0) is 36.4 Å². The summed E-state index contributed by atoms with van der Waals surface area (Å²) in [6.07, 6.45) is -0.140. The number of aromatic nitrogens is 2. The topological polar surface area (TPSA) is 77.2 Å². The van der Waals surface area contributed by atoms with Gasteiger partial charge in [0, 0.05) is 5.02 Å². The Labute approximate surface area is 147 Å². The molecule has 0 atom stereocenters. The number of nitrogens with one attached hydrogen (secondary N) is 1. The highest BCUT2D eigenvalue weighted by molar-refractivity contribution is 6.30. The summed E-state index contributed by atoms with van der Waals surface area (Å²) in [5.41, 5.74) is 0.0993. The molecule has 0 radical (unpaired) electrons. The molecule has 1 amide bonds. The van der Waals surface area contributed by atoms with Gasteiger partial charge < -0.3 is 14.6 Å². The van der Waals surface area contributed by atoms with E-state index in [1.807, 2.05) is 0 Å². The molecule has 1 N–H and O–H groups in total. The summed E-state index contributed by atoms with van der Waals surface area (Å²) in [5, 5.41) is 6.76. The lowest BCUT2D eigenvalue weighted by atomic mass is 10.3. The van der Waals surface area contributed by atoms with Crippen molar-refractivity contribution in [2.45, 2.75) is 13.0 Å². The van der Waals surface area contributed by atoms with Crippen LogP contribution in [0.3, 0.4) is 0 Å². The standard InChI is InChI=1S/C17H13ClFN3O3/c18-11-5-7-12(8-6-11)24-10-17-21-15(22-25-17)9-16(23)20-14-4-2-1-3-13(14)19/h1-8H,9-10H2,(H,20,23). The van der Waals surface area contributed by atoms with Crippen LogP contribution < -0.4 is 10.1 Å². The van der Waals surface area contributed by atoms with Crippen molar-refractivity contribution < 1.29 is 18.4 Å². The van der Waals surface area contributed by atoms with Crippen molar-refractivity contribution in [3.8, 4) is 5.75 Å². The van der Waals surface area contributed by atoms with Crippen LogP contribution in [0.2, 0.25) is 5.02 Å². The molecule has 0 bridgehead atoms. The molecule has 0 unspecified atom stereocenters. The number of anilines is 1. The average molecular weight is 362 g/mol. The van der Waals surface area contributed by atoms with Crippen LogP contribution in [-0.2, 0) is 17.8 Å². The van der Waals surface area contributed by atoms with Gasteiger partial charge in [-0.25, -0.2) is 4.39 Å². The molecular weight excluding hydrogens is 349 g/mol. The lowest BCUT2D eigenvalue weighted by molar-refractivity contribution is -0.115. The first-order valence-corrected chi connectivity index (χ1v) is 7.72. The van der Waals surface area contributed by atoms with Crippen molar-refractivity contribution >= 4 is 23.2 Å². The van der Waals surface area contributed by atoms with Crippen molar-refractivity contribution in [1.29, 1.82) is 0 Å². The van der Waals surface area contributed by atoms with Gasteiger partial charge in [0.25, 0.3) is 5.89 Å². The Morgan fingerprint density at radius 1 is 1.20 bits per heavy atom. The summed E-state index contributed by atoms with van der Waals surface area (Å²) in [7, 11) is 0. The normalized spacial score (nSPS) is 10.5. The molecule has 25 heavy (non-hydrogen) atoms. The molecule has 0 fully saturated rings. The molecule has 0 saturated carbocycles. The fourth-order valence-electron chi connectivity index (χ4n) is 2.00. The van der Waals surface area contributed by atoms with E-state index in [2.05, 4.69) is 15.5 Å². The SMILES string of the molecule is O=C(Cc1noc(COc2ccc(Cl)cc2)n1)Nc1ccccc1F. The van der Waals surface area contributed by atoms with Gasteiger partial charge in [0.05, 0.1) is 12.1 Å². The van der Waals surface area contributed by atoms with E-state index in [1.54, 1.807) is 30.3 Å². The van der Waals surface area contributed by atoms with Gasteiger partial charge in [-0.1, -0.05) is 28.9 Å². The Bertz CT molecular complexity index is 868. The number of nitrogens with zero attached hydrogens (tertiary/aromatic N) is 2. The molecule has 8 heteroatoms. The number of ether oxygens (including phenoxy) is 1. The zero-order valence-electron chi connectivity index (χ0n) is 12.9. The number of halogens is 2. The maximum absolute atomic E-state index is 13.5. The minimum atomic E-state index is -0.513. The van der Waals surface area contributed by atoms with Crippen LogP contribution in [0, 0.1) is 5.82 Å². The van der Waals surface area contributed by atoms with Crippen LogP contribution in [-0.4, -0.2) is 16.0 Å². The van der Waals surface area contributed by atoms with Gasteiger partial charge in [0.15, 0.2) is 12.4 Å². The number of rotatable bonds is 6. The Morgan fingerprint density at radius 3 is 2.72 bits per heavy atom. The molecule has 0 saturated heterocycles. The third kappa shape index (κ3) is 4.77. The molecule has 3 rings (SSSR count). The van der Waals surface area contributed by atoms with E-state index in [4.69, 9.17) is 20.9 Å². The van der Waals surface area contributed by atoms with Crippen molar-refractivity contribution in [2.24, 2.45) is 0 Å². The Kier molecular flexibility index (Phi) is 5.25. The van der Waals surface area contributed by atoms with E-state index in [0.29, 0.717) is 10.8 Å². The first kappa shape index (κ1) is 16.9. The lowest BCUT2D eigenvalue weighted by Gasteiger charge is -2.04. The average Bonchev–Trinajstić information content (AvgIpc) is 3.04. The monoisotopic (exact) mass is 361 g/mol. The maximum atomic E-state index is 13.5. The number of carbonyl (C=O) groups is 1. The van der Waals surface area contributed by atoms with Crippen LogP contribution in [0.1, 0.15) is 11.7 Å². The summed E-state index contributed by atoms with van der Waals surface area (Å²) >= 11 is 5.79. The minimum absolute atomic E-state index is 0.0591. The second-order valence-corrected chi connectivity index (χ2v) is 5.49. The highest BCUT2D eigenvalue weighted by Crippen LogP contribution is 2.17.